The van der Waals surface area contributed by atoms with Crippen LogP contribution in [-0.2, 0) is 0 Å². The van der Waals surface area contributed by atoms with E-state index in [0.29, 0.717) is 0 Å². The SMILES string of the molecule is C1=CC(=C2CCCCN2)CC=C1c1ccccc1. The molecule has 0 radical (unpaired) electrons. The molecule has 1 aromatic carbocycles. The Bertz CT molecular complexity index is 498. The molecule has 0 spiro atoms. The van der Waals surface area contributed by atoms with Gasteiger partial charge in [-0.05, 0) is 42.4 Å². The fraction of sp³-hybridized carbons (Fsp3) is 0.294. The highest BCUT2D eigenvalue weighted by atomic mass is 14.9. The van der Waals surface area contributed by atoms with Crippen molar-refractivity contribution in [2.75, 3.05) is 6.54 Å². The van der Waals surface area contributed by atoms with Crippen LogP contribution in [0.2, 0.25) is 0 Å². The van der Waals surface area contributed by atoms with Crippen LogP contribution in [-0.4, -0.2) is 6.54 Å². The first-order chi connectivity index (χ1) is 8.93. The van der Waals surface area contributed by atoms with Crippen molar-refractivity contribution in [1.82, 2.24) is 5.32 Å². The van der Waals surface area contributed by atoms with E-state index in [-0.39, 0.29) is 0 Å². The summed E-state index contributed by atoms with van der Waals surface area (Å²) in [4.78, 5) is 0. The van der Waals surface area contributed by atoms with Crippen LogP contribution in [0.15, 0.2) is 59.8 Å². The minimum Gasteiger partial charge on any atom is -0.388 e. The van der Waals surface area contributed by atoms with Gasteiger partial charge in [-0.25, -0.2) is 0 Å². The standard InChI is InChI=1S/C17H19N/c1-2-6-14(7-3-1)15-9-11-16(12-10-15)17-8-4-5-13-18-17/h1-3,6-7,9-11,18H,4-5,8,12-13H2. The van der Waals surface area contributed by atoms with Crippen molar-refractivity contribution in [1.29, 1.82) is 0 Å². The summed E-state index contributed by atoms with van der Waals surface area (Å²) in [6.45, 7) is 1.14. The fourth-order valence-corrected chi connectivity index (χ4v) is 2.64. The van der Waals surface area contributed by atoms with Crippen molar-refractivity contribution in [3.63, 3.8) is 0 Å². The Balaban J connectivity index is 1.78. The highest BCUT2D eigenvalue weighted by Crippen LogP contribution is 2.27. The average molecular weight is 237 g/mol. The lowest BCUT2D eigenvalue weighted by Gasteiger charge is -2.21. The number of piperidine rings is 1. The predicted molar refractivity (Wildman–Crippen MR) is 77.1 cm³/mol. The van der Waals surface area contributed by atoms with Gasteiger partial charge in [0.2, 0.25) is 0 Å². The van der Waals surface area contributed by atoms with E-state index in [2.05, 4.69) is 53.9 Å². The Morgan fingerprint density at radius 3 is 2.50 bits per heavy atom. The summed E-state index contributed by atoms with van der Waals surface area (Å²) in [5.74, 6) is 0. The maximum atomic E-state index is 3.54. The number of rotatable bonds is 1. The first-order valence-electron chi connectivity index (χ1n) is 6.83. The number of allylic oxidation sites excluding steroid dienone is 6. The second-order valence-corrected chi connectivity index (χ2v) is 4.95. The monoisotopic (exact) mass is 237 g/mol. The zero-order chi connectivity index (χ0) is 12.2. The van der Waals surface area contributed by atoms with Gasteiger partial charge < -0.3 is 5.32 Å². The third-order valence-corrected chi connectivity index (χ3v) is 3.69. The van der Waals surface area contributed by atoms with Crippen molar-refractivity contribution in [2.24, 2.45) is 0 Å². The van der Waals surface area contributed by atoms with E-state index in [1.54, 1.807) is 0 Å². The Labute approximate surface area is 109 Å². The molecular formula is C17H19N. The van der Waals surface area contributed by atoms with Crippen LogP contribution >= 0.6 is 0 Å². The lowest BCUT2D eigenvalue weighted by Crippen LogP contribution is -2.21. The summed E-state index contributed by atoms with van der Waals surface area (Å²) in [5.41, 5.74) is 5.58. The topological polar surface area (TPSA) is 12.0 Å². The minimum absolute atomic E-state index is 1.06. The first-order valence-corrected chi connectivity index (χ1v) is 6.83. The van der Waals surface area contributed by atoms with Crippen molar-refractivity contribution in [2.45, 2.75) is 25.7 Å². The van der Waals surface area contributed by atoms with Crippen LogP contribution in [0.25, 0.3) is 5.57 Å². The summed E-state index contributed by atoms with van der Waals surface area (Å²) >= 11 is 0. The molecule has 18 heavy (non-hydrogen) atoms. The molecule has 1 heterocycles. The second kappa shape index (κ2) is 5.26. The molecular weight excluding hydrogens is 218 g/mol. The molecule has 2 aliphatic rings. The van der Waals surface area contributed by atoms with Gasteiger partial charge in [-0.3, -0.25) is 0 Å². The van der Waals surface area contributed by atoms with Crippen molar-refractivity contribution >= 4 is 5.57 Å². The van der Waals surface area contributed by atoms with E-state index in [4.69, 9.17) is 0 Å². The summed E-state index contributed by atoms with van der Waals surface area (Å²) in [6, 6.07) is 10.6. The van der Waals surface area contributed by atoms with Gasteiger partial charge in [-0.2, -0.15) is 0 Å². The summed E-state index contributed by atoms with van der Waals surface area (Å²) in [7, 11) is 0. The third-order valence-electron chi connectivity index (χ3n) is 3.69. The summed E-state index contributed by atoms with van der Waals surface area (Å²) in [6.07, 6.45) is 11.8. The zero-order valence-corrected chi connectivity index (χ0v) is 10.7. The number of hydrogen-bond acceptors (Lipinski definition) is 1. The lowest BCUT2D eigenvalue weighted by atomic mass is 9.94. The fourth-order valence-electron chi connectivity index (χ4n) is 2.64. The molecule has 0 amide bonds. The summed E-state index contributed by atoms with van der Waals surface area (Å²) in [5, 5.41) is 3.54. The van der Waals surface area contributed by atoms with E-state index in [1.807, 2.05) is 0 Å². The van der Waals surface area contributed by atoms with Crippen LogP contribution < -0.4 is 5.32 Å². The average Bonchev–Trinajstić information content (AvgIpc) is 2.49. The van der Waals surface area contributed by atoms with Gasteiger partial charge in [0.1, 0.15) is 0 Å². The number of benzene rings is 1. The number of hydrogen-bond donors (Lipinski definition) is 1. The van der Waals surface area contributed by atoms with Gasteiger partial charge in [0.15, 0.2) is 0 Å². The van der Waals surface area contributed by atoms with Crippen LogP contribution in [0.5, 0.6) is 0 Å². The molecule has 1 heteroatoms. The van der Waals surface area contributed by atoms with E-state index in [9.17, 15) is 0 Å². The molecule has 0 bridgehead atoms. The van der Waals surface area contributed by atoms with Crippen LogP contribution in [0.4, 0.5) is 0 Å². The molecule has 3 rings (SSSR count). The minimum atomic E-state index is 1.06. The number of nitrogens with one attached hydrogen (secondary N) is 1. The van der Waals surface area contributed by atoms with Crippen LogP contribution in [0.1, 0.15) is 31.2 Å². The quantitative estimate of drug-likeness (QED) is 0.776. The normalized spacial score (nSPS) is 23.4. The molecule has 92 valence electrons. The lowest BCUT2D eigenvalue weighted by molar-refractivity contribution is 0.582. The highest BCUT2D eigenvalue weighted by molar-refractivity contribution is 5.76. The largest absolute Gasteiger partial charge is 0.388 e. The van der Waals surface area contributed by atoms with E-state index in [1.165, 1.54) is 41.7 Å². The van der Waals surface area contributed by atoms with E-state index in [0.717, 1.165) is 13.0 Å². The molecule has 1 aliphatic heterocycles. The van der Waals surface area contributed by atoms with Gasteiger partial charge in [0.05, 0.1) is 0 Å². The molecule has 1 nitrogen and oxygen atoms in total. The Morgan fingerprint density at radius 1 is 0.944 bits per heavy atom. The van der Waals surface area contributed by atoms with Crippen LogP contribution in [0, 0.1) is 0 Å². The van der Waals surface area contributed by atoms with Gasteiger partial charge in [0, 0.05) is 12.2 Å². The summed E-state index contributed by atoms with van der Waals surface area (Å²) < 4.78 is 0. The molecule has 1 N–H and O–H groups in total. The van der Waals surface area contributed by atoms with Crippen molar-refractivity contribution in [3.05, 3.63) is 65.4 Å². The highest BCUT2D eigenvalue weighted by Gasteiger charge is 2.11. The maximum Gasteiger partial charge on any atom is 0.0144 e. The maximum absolute atomic E-state index is 3.54. The van der Waals surface area contributed by atoms with Gasteiger partial charge in [-0.15, -0.1) is 0 Å². The van der Waals surface area contributed by atoms with Crippen molar-refractivity contribution < 1.29 is 0 Å². The van der Waals surface area contributed by atoms with Crippen LogP contribution in [0.3, 0.4) is 0 Å². The molecule has 0 unspecified atom stereocenters. The Morgan fingerprint density at radius 2 is 1.83 bits per heavy atom. The molecule has 0 aromatic heterocycles. The molecule has 1 saturated heterocycles. The molecule has 1 aliphatic carbocycles. The Hall–Kier alpha value is -1.76. The third kappa shape index (κ3) is 2.40. The van der Waals surface area contributed by atoms with E-state index >= 15 is 0 Å². The molecule has 0 atom stereocenters. The smallest absolute Gasteiger partial charge is 0.0144 e. The van der Waals surface area contributed by atoms with E-state index < -0.39 is 0 Å². The van der Waals surface area contributed by atoms with Crippen molar-refractivity contribution in [3.8, 4) is 0 Å². The molecule has 0 saturated carbocycles. The van der Waals surface area contributed by atoms with Gasteiger partial charge in [-0.1, -0.05) is 48.6 Å². The van der Waals surface area contributed by atoms with Gasteiger partial charge >= 0.3 is 0 Å². The predicted octanol–water partition coefficient (Wildman–Crippen LogP) is 4.06. The Kier molecular flexibility index (Phi) is 3.31. The van der Waals surface area contributed by atoms with Gasteiger partial charge in [0.25, 0.3) is 0 Å². The zero-order valence-electron chi connectivity index (χ0n) is 10.7. The molecule has 1 aromatic rings. The molecule has 1 fully saturated rings. The first kappa shape index (κ1) is 11.3. The second-order valence-electron chi connectivity index (χ2n) is 4.95.